The summed E-state index contributed by atoms with van der Waals surface area (Å²) in [5.74, 6) is -1.81. The van der Waals surface area contributed by atoms with Gasteiger partial charge < -0.3 is 21.1 Å². The second-order valence-electron chi connectivity index (χ2n) is 6.30. The minimum absolute atomic E-state index is 0.00751. The number of nitrogens with two attached hydrogens (primary N) is 1. The first-order valence-corrected chi connectivity index (χ1v) is 8.85. The van der Waals surface area contributed by atoms with E-state index in [1.807, 2.05) is 0 Å². The van der Waals surface area contributed by atoms with Gasteiger partial charge in [-0.05, 0) is 17.2 Å². The van der Waals surface area contributed by atoms with Crippen LogP contribution < -0.4 is 16.4 Å². The molecule has 4 N–H and O–H groups in total. The maximum absolute atomic E-state index is 13.1. The average molecular weight is 423 g/mol. The molecule has 0 aliphatic heterocycles. The maximum Gasteiger partial charge on any atom is 0.416 e. The summed E-state index contributed by atoms with van der Waals surface area (Å²) in [4.78, 5) is 35.3. The van der Waals surface area contributed by atoms with Gasteiger partial charge in [0.25, 0.3) is 0 Å². The molecule has 160 valence electrons. The molecule has 0 saturated carbocycles. The van der Waals surface area contributed by atoms with Crippen LogP contribution in [0.4, 0.5) is 18.0 Å². The Labute approximate surface area is 170 Å². The topological polar surface area (TPSA) is 111 Å². The molecule has 2 rings (SSSR count). The monoisotopic (exact) mass is 423 g/mol. The number of alkyl carbamates (subject to hydrolysis) is 1. The molecule has 0 bridgehead atoms. The second kappa shape index (κ2) is 10.3. The van der Waals surface area contributed by atoms with Gasteiger partial charge in [0.2, 0.25) is 11.8 Å². The quantitative estimate of drug-likeness (QED) is 0.604. The normalized spacial score (nSPS) is 12.0. The maximum atomic E-state index is 13.1. The van der Waals surface area contributed by atoms with Crippen LogP contribution in [0.2, 0.25) is 0 Å². The number of primary amides is 1. The number of carbonyl (C=O) groups is 3. The van der Waals surface area contributed by atoms with E-state index in [1.165, 1.54) is 18.2 Å². The molecule has 0 aromatic heterocycles. The van der Waals surface area contributed by atoms with Crippen LogP contribution >= 0.6 is 0 Å². The van der Waals surface area contributed by atoms with Crippen LogP contribution in [0, 0.1) is 0 Å². The van der Waals surface area contributed by atoms with Crippen LogP contribution in [0.25, 0.3) is 0 Å². The van der Waals surface area contributed by atoms with Crippen LogP contribution in [0.3, 0.4) is 0 Å². The predicted octanol–water partition coefficient (Wildman–Crippen LogP) is 2.14. The van der Waals surface area contributed by atoms with E-state index in [-0.39, 0.29) is 12.2 Å². The van der Waals surface area contributed by atoms with Gasteiger partial charge in [0, 0.05) is 6.42 Å². The van der Waals surface area contributed by atoms with Gasteiger partial charge in [-0.3, -0.25) is 9.59 Å². The number of halogens is 3. The molecular weight excluding hydrogens is 403 g/mol. The van der Waals surface area contributed by atoms with Crippen LogP contribution in [-0.4, -0.2) is 30.5 Å². The fourth-order valence-electron chi connectivity index (χ4n) is 2.59. The van der Waals surface area contributed by atoms with Crippen LogP contribution in [0.1, 0.15) is 16.7 Å². The summed E-state index contributed by atoms with van der Waals surface area (Å²) < 4.78 is 44.2. The Morgan fingerprint density at radius 3 is 2.27 bits per heavy atom. The summed E-state index contributed by atoms with van der Waals surface area (Å²) in [7, 11) is 0. The van der Waals surface area contributed by atoms with Gasteiger partial charge in [-0.15, -0.1) is 0 Å². The Morgan fingerprint density at radius 1 is 1.00 bits per heavy atom. The molecule has 3 amide bonds. The molecule has 0 unspecified atom stereocenters. The van der Waals surface area contributed by atoms with E-state index in [4.69, 9.17) is 10.5 Å². The van der Waals surface area contributed by atoms with E-state index in [1.54, 1.807) is 30.3 Å². The average Bonchev–Trinajstić information content (AvgIpc) is 2.70. The number of benzene rings is 2. The zero-order chi connectivity index (χ0) is 22.1. The summed E-state index contributed by atoms with van der Waals surface area (Å²) in [6, 6.07) is 12.1. The minimum atomic E-state index is -4.62. The number of amides is 3. The molecule has 30 heavy (non-hydrogen) atoms. The smallest absolute Gasteiger partial charge is 0.416 e. The molecule has 0 heterocycles. The molecule has 2 aromatic carbocycles. The van der Waals surface area contributed by atoms with E-state index >= 15 is 0 Å². The van der Waals surface area contributed by atoms with E-state index in [0.29, 0.717) is 0 Å². The highest BCUT2D eigenvalue weighted by molar-refractivity contribution is 5.88. The Morgan fingerprint density at radius 2 is 1.63 bits per heavy atom. The van der Waals surface area contributed by atoms with Crippen molar-refractivity contribution < 1.29 is 32.3 Å². The SMILES string of the molecule is NC(=O)[C@@H](Cc1ccccc1C(F)(F)F)NC(=O)CNC(=O)OCc1ccccc1. The van der Waals surface area contributed by atoms with Crippen molar-refractivity contribution in [3.63, 3.8) is 0 Å². The zero-order valence-electron chi connectivity index (χ0n) is 15.7. The number of rotatable bonds is 8. The van der Waals surface area contributed by atoms with E-state index < -0.39 is 48.7 Å². The molecular formula is C20H20F3N3O4. The standard InChI is InChI=1S/C20H20F3N3O4/c21-20(22,23)15-9-5-4-8-14(15)10-16(18(24)28)26-17(27)11-25-19(29)30-12-13-6-2-1-3-7-13/h1-9,16H,10-12H2,(H2,24,28)(H,25,29)(H,26,27)/t16-/m1/s1. The van der Waals surface area contributed by atoms with Crippen molar-refractivity contribution in [2.75, 3.05) is 6.54 Å². The largest absolute Gasteiger partial charge is 0.445 e. The van der Waals surface area contributed by atoms with Crippen molar-refractivity contribution in [2.24, 2.45) is 5.73 Å². The van der Waals surface area contributed by atoms with Gasteiger partial charge >= 0.3 is 12.3 Å². The molecule has 0 fully saturated rings. The summed E-state index contributed by atoms with van der Waals surface area (Å²) >= 11 is 0. The lowest BCUT2D eigenvalue weighted by Crippen LogP contribution is -2.49. The minimum Gasteiger partial charge on any atom is -0.445 e. The Balaban J connectivity index is 1.89. The van der Waals surface area contributed by atoms with Crippen LogP contribution in [0.15, 0.2) is 54.6 Å². The molecule has 10 heteroatoms. The number of ether oxygens (including phenoxy) is 1. The number of carbonyl (C=O) groups excluding carboxylic acids is 3. The number of alkyl halides is 3. The van der Waals surface area contributed by atoms with Gasteiger partial charge in [-0.1, -0.05) is 48.5 Å². The molecule has 0 spiro atoms. The lowest BCUT2D eigenvalue weighted by atomic mass is 9.99. The highest BCUT2D eigenvalue weighted by Gasteiger charge is 2.34. The Hall–Kier alpha value is -3.56. The van der Waals surface area contributed by atoms with Gasteiger partial charge in [0.1, 0.15) is 19.2 Å². The number of hydrogen-bond donors (Lipinski definition) is 3. The summed E-state index contributed by atoms with van der Waals surface area (Å²) in [6.45, 7) is -0.551. The zero-order valence-corrected chi connectivity index (χ0v) is 15.7. The molecule has 0 aliphatic carbocycles. The highest BCUT2D eigenvalue weighted by atomic mass is 19.4. The van der Waals surface area contributed by atoms with E-state index in [0.717, 1.165) is 11.6 Å². The van der Waals surface area contributed by atoms with Crippen molar-refractivity contribution in [1.82, 2.24) is 10.6 Å². The van der Waals surface area contributed by atoms with Gasteiger partial charge in [-0.2, -0.15) is 13.2 Å². The molecule has 0 saturated heterocycles. The lowest BCUT2D eigenvalue weighted by molar-refractivity contribution is -0.138. The molecule has 0 radical (unpaired) electrons. The van der Waals surface area contributed by atoms with Crippen molar-refractivity contribution in [1.29, 1.82) is 0 Å². The number of hydrogen-bond acceptors (Lipinski definition) is 4. The van der Waals surface area contributed by atoms with Crippen molar-refractivity contribution in [3.05, 3.63) is 71.3 Å². The van der Waals surface area contributed by atoms with Crippen molar-refractivity contribution in [2.45, 2.75) is 25.2 Å². The third kappa shape index (κ3) is 7.12. The van der Waals surface area contributed by atoms with E-state index in [9.17, 15) is 27.6 Å². The van der Waals surface area contributed by atoms with Gasteiger partial charge in [0.15, 0.2) is 0 Å². The summed E-state index contributed by atoms with van der Waals surface area (Å²) in [6.07, 6.45) is -5.94. The van der Waals surface area contributed by atoms with Gasteiger partial charge in [0.05, 0.1) is 5.56 Å². The highest BCUT2D eigenvalue weighted by Crippen LogP contribution is 2.32. The fourth-order valence-corrected chi connectivity index (χ4v) is 2.59. The van der Waals surface area contributed by atoms with Crippen LogP contribution in [-0.2, 0) is 33.5 Å². The van der Waals surface area contributed by atoms with Crippen molar-refractivity contribution >= 4 is 17.9 Å². The Kier molecular flexibility index (Phi) is 7.79. The molecule has 0 aliphatic rings. The molecule has 7 nitrogen and oxygen atoms in total. The second-order valence-corrected chi connectivity index (χ2v) is 6.30. The molecule has 2 aromatic rings. The first kappa shape index (κ1) is 22.7. The lowest BCUT2D eigenvalue weighted by Gasteiger charge is -2.19. The molecule has 1 atom stereocenters. The third-order valence-corrected chi connectivity index (χ3v) is 4.03. The van der Waals surface area contributed by atoms with Crippen molar-refractivity contribution in [3.8, 4) is 0 Å². The number of nitrogens with one attached hydrogen (secondary N) is 2. The predicted molar refractivity (Wildman–Crippen MR) is 101 cm³/mol. The summed E-state index contributed by atoms with van der Waals surface area (Å²) in [5.41, 5.74) is 4.84. The first-order chi connectivity index (χ1) is 14.2. The third-order valence-electron chi connectivity index (χ3n) is 4.03. The van der Waals surface area contributed by atoms with Crippen LogP contribution in [0.5, 0.6) is 0 Å². The van der Waals surface area contributed by atoms with E-state index in [2.05, 4.69) is 10.6 Å². The van der Waals surface area contributed by atoms with Gasteiger partial charge in [-0.25, -0.2) is 4.79 Å². The fraction of sp³-hybridized carbons (Fsp3) is 0.250. The Bertz CT molecular complexity index is 888. The summed E-state index contributed by atoms with van der Waals surface area (Å²) in [5, 5.41) is 4.41. The first-order valence-electron chi connectivity index (χ1n) is 8.85.